The third kappa shape index (κ3) is 2.67. The van der Waals surface area contributed by atoms with Gasteiger partial charge in [0, 0.05) is 6.54 Å². The molecule has 0 radical (unpaired) electrons. The maximum Gasteiger partial charge on any atom is 0.307 e. The molecule has 2 aliphatic carbocycles. The summed E-state index contributed by atoms with van der Waals surface area (Å²) >= 11 is 0. The molecule has 0 aromatic heterocycles. The molecule has 1 aromatic carbocycles. The van der Waals surface area contributed by atoms with Gasteiger partial charge in [0.05, 0.1) is 18.9 Å². The second-order valence-electron chi connectivity index (χ2n) is 6.29. The maximum atomic E-state index is 12.4. The van der Waals surface area contributed by atoms with Crippen molar-refractivity contribution in [1.29, 1.82) is 0 Å². The molecule has 4 atom stereocenters. The van der Waals surface area contributed by atoms with Crippen LogP contribution >= 0.6 is 0 Å². The van der Waals surface area contributed by atoms with E-state index in [0.29, 0.717) is 6.54 Å². The summed E-state index contributed by atoms with van der Waals surface area (Å²) in [6.45, 7) is 0.420. The number of methoxy groups -OCH3 is 1. The van der Waals surface area contributed by atoms with Crippen molar-refractivity contribution in [2.45, 2.75) is 25.8 Å². The van der Waals surface area contributed by atoms with Gasteiger partial charge in [-0.05, 0) is 48.8 Å². The Balaban J connectivity index is 1.62. The summed E-state index contributed by atoms with van der Waals surface area (Å²) in [6.07, 6.45) is 2.82. The minimum atomic E-state index is -0.822. The minimum absolute atomic E-state index is 0.115. The Kier molecular flexibility index (Phi) is 4.05. The smallest absolute Gasteiger partial charge is 0.307 e. The first-order valence-electron chi connectivity index (χ1n) is 7.73. The SMILES string of the molecule is COc1ccc(CNC(=O)[C@@H]2[C@H]3CC[C@@H](C3)[C@H]2C(=O)O)cc1. The van der Waals surface area contributed by atoms with Gasteiger partial charge in [0.15, 0.2) is 0 Å². The zero-order valence-corrected chi connectivity index (χ0v) is 12.6. The number of ether oxygens (including phenoxy) is 1. The summed E-state index contributed by atoms with van der Waals surface area (Å²) in [4.78, 5) is 23.9. The van der Waals surface area contributed by atoms with Crippen LogP contribution in [0, 0.1) is 23.7 Å². The lowest BCUT2D eigenvalue weighted by molar-refractivity contribution is -0.149. The molecule has 3 rings (SSSR count). The van der Waals surface area contributed by atoms with Crippen molar-refractivity contribution in [2.24, 2.45) is 23.7 Å². The van der Waals surface area contributed by atoms with Gasteiger partial charge in [0.25, 0.3) is 0 Å². The van der Waals surface area contributed by atoms with E-state index in [9.17, 15) is 14.7 Å². The molecule has 0 spiro atoms. The molecule has 1 amide bonds. The molecule has 0 unspecified atom stereocenters. The van der Waals surface area contributed by atoms with E-state index in [1.54, 1.807) is 7.11 Å². The van der Waals surface area contributed by atoms with Crippen molar-refractivity contribution < 1.29 is 19.4 Å². The Morgan fingerprint density at radius 1 is 1.18 bits per heavy atom. The molecule has 5 heteroatoms. The fourth-order valence-corrected chi connectivity index (χ4v) is 4.07. The number of nitrogens with one attached hydrogen (secondary N) is 1. The number of rotatable bonds is 5. The molecule has 2 fully saturated rings. The van der Waals surface area contributed by atoms with Crippen LogP contribution in [-0.2, 0) is 16.1 Å². The van der Waals surface area contributed by atoms with Crippen LogP contribution in [0.3, 0.4) is 0 Å². The molecule has 0 saturated heterocycles. The average Bonchev–Trinajstić information content (AvgIpc) is 3.14. The minimum Gasteiger partial charge on any atom is -0.497 e. The van der Waals surface area contributed by atoms with E-state index in [1.807, 2.05) is 24.3 Å². The van der Waals surface area contributed by atoms with Gasteiger partial charge in [-0.2, -0.15) is 0 Å². The van der Waals surface area contributed by atoms with Crippen molar-refractivity contribution in [1.82, 2.24) is 5.32 Å². The van der Waals surface area contributed by atoms with Crippen LogP contribution in [0.5, 0.6) is 5.75 Å². The number of hydrogen-bond acceptors (Lipinski definition) is 3. The summed E-state index contributed by atoms with van der Waals surface area (Å²) in [5.41, 5.74) is 0.976. The van der Waals surface area contributed by atoms with Gasteiger partial charge in [-0.15, -0.1) is 0 Å². The van der Waals surface area contributed by atoms with E-state index < -0.39 is 11.9 Å². The van der Waals surface area contributed by atoms with Gasteiger partial charge >= 0.3 is 5.97 Å². The summed E-state index contributed by atoms with van der Waals surface area (Å²) < 4.78 is 5.10. The van der Waals surface area contributed by atoms with Gasteiger partial charge in [0.1, 0.15) is 5.75 Å². The highest BCUT2D eigenvalue weighted by Gasteiger charge is 2.53. The van der Waals surface area contributed by atoms with E-state index in [4.69, 9.17) is 4.74 Å². The topological polar surface area (TPSA) is 75.6 Å². The summed E-state index contributed by atoms with van der Waals surface area (Å²) in [7, 11) is 1.61. The summed E-state index contributed by atoms with van der Waals surface area (Å²) in [5.74, 6) is -0.619. The van der Waals surface area contributed by atoms with Crippen molar-refractivity contribution in [3.05, 3.63) is 29.8 Å². The van der Waals surface area contributed by atoms with Gasteiger partial charge in [-0.25, -0.2) is 0 Å². The average molecular weight is 303 g/mol. The number of amides is 1. The summed E-state index contributed by atoms with van der Waals surface area (Å²) in [5, 5.41) is 12.3. The number of carboxylic acid groups (broad SMARTS) is 1. The lowest BCUT2D eigenvalue weighted by Crippen LogP contribution is -2.41. The Bertz CT molecular complexity index is 569. The van der Waals surface area contributed by atoms with Crippen LogP contribution in [0.25, 0.3) is 0 Å². The Labute approximate surface area is 129 Å². The number of aliphatic carboxylic acids is 1. The number of fused-ring (bicyclic) bond motifs is 2. The first-order chi connectivity index (χ1) is 10.6. The molecule has 1 aromatic rings. The zero-order valence-electron chi connectivity index (χ0n) is 12.6. The lowest BCUT2D eigenvalue weighted by Gasteiger charge is -2.27. The molecular weight excluding hydrogens is 282 g/mol. The molecular formula is C17H21NO4. The van der Waals surface area contributed by atoms with Gasteiger partial charge in [-0.3, -0.25) is 9.59 Å². The first-order valence-corrected chi connectivity index (χ1v) is 7.73. The highest BCUT2D eigenvalue weighted by molar-refractivity contribution is 5.86. The molecule has 2 saturated carbocycles. The number of hydrogen-bond donors (Lipinski definition) is 2. The van der Waals surface area contributed by atoms with E-state index >= 15 is 0 Å². The van der Waals surface area contributed by atoms with Crippen LogP contribution in [-0.4, -0.2) is 24.1 Å². The molecule has 0 aliphatic heterocycles. The predicted octanol–water partition coefficient (Wildman–Crippen LogP) is 2.06. The Morgan fingerprint density at radius 2 is 1.82 bits per heavy atom. The normalized spacial score (nSPS) is 29.3. The molecule has 5 nitrogen and oxygen atoms in total. The molecule has 2 bridgehead atoms. The molecule has 0 heterocycles. The standard InChI is InChI=1S/C17H21NO4/c1-22-13-6-2-10(3-7-13)9-18-16(19)14-11-4-5-12(8-11)15(14)17(20)21/h2-3,6-7,11-12,14-15H,4-5,8-9H2,1H3,(H,18,19)(H,20,21)/t11-,12-,14+,15+/m0/s1. The van der Waals surface area contributed by atoms with Crippen molar-refractivity contribution in [2.75, 3.05) is 7.11 Å². The van der Waals surface area contributed by atoms with Crippen molar-refractivity contribution in [3.63, 3.8) is 0 Å². The molecule has 118 valence electrons. The summed E-state index contributed by atoms with van der Waals surface area (Å²) in [6, 6.07) is 7.49. The maximum absolute atomic E-state index is 12.4. The Hall–Kier alpha value is -2.04. The second kappa shape index (κ2) is 5.99. The molecule has 22 heavy (non-hydrogen) atoms. The quantitative estimate of drug-likeness (QED) is 0.873. The van der Waals surface area contributed by atoms with Crippen molar-refractivity contribution in [3.8, 4) is 5.75 Å². The highest BCUT2D eigenvalue weighted by atomic mass is 16.5. The van der Waals surface area contributed by atoms with Crippen LogP contribution in [0.4, 0.5) is 0 Å². The van der Waals surface area contributed by atoms with Crippen molar-refractivity contribution >= 4 is 11.9 Å². The van der Waals surface area contributed by atoms with Crippen LogP contribution in [0.1, 0.15) is 24.8 Å². The fourth-order valence-electron chi connectivity index (χ4n) is 4.07. The van der Waals surface area contributed by atoms with Gasteiger partial charge < -0.3 is 15.2 Å². The van der Waals surface area contributed by atoms with Crippen LogP contribution in [0.15, 0.2) is 24.3 Å². The first kappa shape index (κ1) is 14.9. The van der Waals surface area contributed by atoms with Gasteiger partial charge in [-0.1, -0.05) is 12.1 Å². The van der Waals surface area contributed by atoms with E-state index in [0.717, 1.165) is 30.6 Å². The van der Waals surface area contributed by atoms with E-state index in [2.05, 4.69) is 5.32 Å². The highest BCUT2D eigenvalue weighted by Crippen LogP contribution is 2.52. The number of carbonyl (C=O) groups is 2. The fraction of sp³-hybridized carbons (Fsp3) is 0.529. The number of carboxylic acids is 1. The Morgan fingerprint density at radius 3 is 2.41 bits per heavy atom. The lowest BCUT2D eigenvalue weighted by atomic mass is 9.78. The molecule has 2 N–H and O–H groups in total. The van der Waals surface area contributed by atoms with Crippen LogP contribution in [0.2, 0.25) is 0 Å². The van der Waals surface area contributed by atoms with Crippen LogP contribution < -0.4 is 10.1 Å². The van der Waals surface area contributed by atoms with E-state index in [1.165, 1.54) is 0 Å². The van der Waals surface area contributed by atoms with Gasteiger partial charge in [0.2, 0.25) is 5.91 Å². The number of carbonyl (C=O) groups excluding carboxylic acids is 1. The monoisotopic (exact) mass is 303 g/mol. The predicted molar refractivity (Wildman–Crippen MR) is 80.3 cm³/mol. The third-order valence-corrected chi connectivity index (χ3v) is 5.13. The zero-order chi connectivity index (χ0) is 15.7. The number of benzene rings is 1. The molecule has 2 aliphatic rings. The third-order valence-electron chi connectivity index (χ3n) is 5.13. The van der Waals surface area contributed by atoms with E-state index in [-0.39, 0.29) is 23.7 Å². The largest absolute Gasteiger partial charge is 0.497 e. The second-order valence-corrected chi connectivity index (χ2v) is 6.29.